The fourth-order valence-electron chi connectivity index (χ4n) is 5.30. The summed E-state index contributed by atoms with van der Waals surface area (Å²) in [5, 5.41) is 23.8. The quantitative estimate of drug-likeness (QED) is 0.281. The van der Waals surface area contributed by atoms with Crippen molar-refractivity contribution in [2.45, 2.75) is 26.8 Å². The van der Waals surface area contributed by atoms with Crippen LogP contribution in [0.2, 0.25) is 0 Å². The van der Waals surface area contributed by atoms with E-state index < -0.39 is 5.91 Å². The van der Waals surface area contributed by atoms with Gasteiger partial charge in [0, 0.05) is 57.2 Å². The third-order valence-corrected chi connectivity index (χ3v) is 7.63. The van der Waals surface area contributed by atoms with Crippen LogP contribution >= 0.6 is 0 Å². The molecule has 2 aliphatic rings. The maximum absolute atomic E-state index is 12.8. The minimum atomic E-state index is -0.610. The molecule has 0 atom stereocenters. The number of nitrogens with two attached hydrogens (primary N) is 1. The number of nitrogens with one attached hydrogen (secondary N) is 3. The second kappa shape index (κ2) is 12.4. The summed E-state index contributed by atoms with van der Waals surface area (Å²) >= 11 is 0. The smallest absolute Gasteiger partial charge is 0.320 e. The van der Waals surface area contributed by atoms with E-state index in [1.807, 2.05) is 60.0 Å². The lowest BCUT2D eigenvalue weighted by molar-refractivity contribution is 0.0428. The molecule has 0 radical (unpaired) electrons. The minimum absolute atomic E-state index is 0.0921. The zero-order valence-electron chi connectivity index (χ0n) is 23.6. The second-order valence-corrected chi connectivity index (χ2v) is 10.3. The van der Waals surface area contributed by atoms with Crippen molar-refractivity contribution in [1.82, 2.24) is 20.0 Å². The topological polar surface area (TPSA) is 152 Å². The van der Waals surface area contributed by atoms with Gasteiger partial charge in [0.15, 0.2) is 5.82 Å². The van der Waals surface area contributed by atoms with Crippen molar-refractivity contribution < 1.29 is 19.4 Å². The Bertz CT molecular complexity index is 1380. The van der Waals surface area contributed by atoms with Crippen molar-refractivity contribution in [3.63, 3.8) is 0 Å². The third kappa shape index (κ3) is 6.32. The van der Waals surface area contributed by atoms with Gasteiger partial charge < -0.3 is 40.9 Å². The third-order valence-electron chi connectivity index (χ3n) is 7.63. The van der Waals surface area contributed by atoms with Gasteiger partial charge in [-0.25, -0.2) is 4.79 Å². The molecule has 12 nitrogen and oxygen atoms in total. The predicted molar refractivity (Wildman–Crippen MR) is 158 cm³/mol. The molecule has 3 aromatic rings. The average Bonchev–Trinajstić information content (AvgIpc) is 3.40. The first kappa shape index (κ1) is 28.1. The number of hydrogen-bond donors (Lipinski definition) is 5. The number of carbonyl (C=O) groups is 2. The molecule has 2 aromatic carbocycles. The molecule has 0 aliphatic carbocycles. The van der Waals surface area contributed by atoms with Gasteiger partial charge in [-0.05, 0) is 54.3 Å². The Balaban J connectivity index is 1.19. The maximum atomic E-state index is 12.8. The first-order chi connectivity index (χ1) is 19.8. The molecule has 0 saturated carbocycles. The number of aromatic hydroxyl groups is 1. The zero-order valence-corrected chi connectivity index (χ0v) is 23.6. The molecule has 41 heavy (non-hydrogen) atoms. The van der Waals surface area contributed by atoms with Crippen molar-refractivity contribution >= 4 is 34.9 Å². The number of carbonyl (C=O) groups excluding carboxylic acids is 2. The van der Waals surface area contributed by atoms with Gasteiger partial charge in [-0.15, -0.1) is 0 Å². The Kier molecular flexibility index (Phi) is 8.48. The molecule has 12 heteroatoms. The summed E-state index contributed by atoms with van der Waals surface area (Å²) in [6, 6.07) is 11.8. The Morgan fingerprint density at radius 3 is 2.39 bits per heavy atom. The number of benzene rings is 2. The number of phenols is 1. The molecule has 0 unspecified atom stereocenters. The summed E-state index contributed by atoms with van der Waals surface area (Å²) in [6.45, 7) is 9.63. The molecule has 5 rings (SSSR count). The number of piperazine rings is 1. The van der Waals surface area contributed by atoms with E-state index in [4.69, 9.17) is 10.5 Å². The van der Waals surface area contributed by atoms with Crippen LogP contribution in [0.25, 0.3) is 0 Å². The number of aryl methyl sites for hydroxylation is 2. The van der Waals surface area contributed by atoms with Crippen molar-refractivity contribution in [3.8, 4) is 5.75 Å². The molecule has 0 bridgehead atoms. The highest BCUT2D eigenvalue weighted by Crippen LogP contribution is 2.28. The minimum Gasteiger partial charge on any atom is -0.507 e. The number of H-pyrrole nitrogens is 1. The number of hydrogen-bond acceptors (Lipinski definition) is 8. The highest BCUT2D eigenvalue weighted by molar-refractivity contribution is 6.03. The fraction of sp³-hybridized carbons (Fsp3) is 0.414. The van der Waals surface area contributed by atoms with Crippen LogP contribution in [-0.2, 0) is 17.7 Å². The number of morpholine rings is 1. The number of aromatic amines is 1. The first-order valence-corrected chi connectivity index (χ1v) is 14.0. The van der Waals surface area contributed by atoms with Crippen LogP contribution in [-0.4, -0.2) is 89.5 Å². The number of phenolic OH excluding ortho intramolecular Hbond substituents is 1. The van der Waals surface area contributed by atoms with Crippen molar-refractivity contribution in [1.29, 1.82) is 0 Å². The molecular weight excluding hydrogens is 524 g/mol. The monoisotopic (exact) mass is 562 g/mol. The lowest BCUT2D eigenvalue weighted by Gasteiger charge is -2.39. The number of nitrogens with zero attached hydrogens (tertiary/aromatic N) is 4. The molecule has 3 heterocycles. The summed E-state index contributed by atoms with van der Waals surface area (Å²) < 4.78 is 5.36. The van der Waals surface area contributed by atoms with Gasteiger partial charge in [0.2, 0.25) is 0 Å². The van der Waals surface area contributed by atoms with Crippen LogP contribution in [0.1, 0.15) is 34.0 Å². The molecule has 2 fully saturated rings. The highest BCUT2D eigenvalue weighted by atomic mass is 16.5. The SMILES string of the molecule is CCc1cc(CNc2[nH]nc(Nc3ccc(N4CCN(C(=O)N5CCOCC5)CC4)cc3)c2C(N)=O)cc(C)c1O. The van der Waals surface area contributed by atoms with Crippen LogP contribution in [0.3, 0.4) is 0 Å². The van der Waals surface area contributed by atoms with Gasteiger partial charge >= 0.3 is 6.03 Å². The van der Waals surface area contributed by atoms with Gasteiger partial charge in [0.05, 0.1) is 13.2 Å². The van der Waals surface area contributed by atoms with Gasteiger partial charge in [-0.1, -0.05) is 19.1 Å². The summed E-state index contributed by atoms with van der Waals surface area (Å²) in [6.07, 6.45) is 0.717. The van der Waals surface area contributed by atoms with E-state index in [9.17, 15) is 14.7 Å². The largest absolute Gasteiger partial charge is 0.507 e. The van der Waals surface area contributed by atoms with E-state index in [-0.39, 0.29) is 11.6 Å². The first-order valence-electron chi connectivity index (χ1n) is 14.0. The molecule has 0 spiro atoms. The van der Waals surface area contributed by atoms with Crippen molar-refractivity contribution in [3.05, 3.63) is 58.7 Å². The number of rotatable bonds is 8. The molecule has 218 valence electrons. The van der Waals surface area contributed by atoms with Gasteiger partial charge in [0.25, 0.3) is 5.91 Å². The number of primary amides is 1. The van der Waals surface area contributed by atoms with Gasteiger partial charge in [-0.2, -0.15) is 5.10 Å². The molecule has 1 aromatic heterocycles. The maximum Gasteiger partial charge on any atom is 0.320 e. The van der Waals surface area contributed by atoms with Gasteiger partial charge in [-0.3, -0.25) is 9.89 Å². The van der Waals surface area contributed by atoms with Gasteiger partial charge in [0.1, 0.15) is 17.1 Å². The molecule has 2 saturated heterocycles. The van der Waals surface area contributed by atoms with E-state index >= 15 is 0 Å². The number of urea groups is 1. The Labute approximate surface area is 239 Å². The zero-order chi connectivity index (χ0) is 28.9. The lowest BCUT2D eigenvalue weighted by atomic mass is 10.0. The average molecular weight is 563 g/mol. The molecule has 3 amide bonds. The van der Waals surface area contributed by atoms with Crippen molar-refractivity contribution in [2.24, 2.45) is 5.73 Å². The summed E-state index contributed by atoms with van der Waals surface area (Å²) in [7, 11) is 0. The predicted octanol–water partition coefficient (Wildman–Crippen LogP) is 3.01. The molecule has 6 N–H and O–H groups in total. The number of ether oxygens (including phenoxy) is 1. The van der Waals surface area contributed by atoms with Crippen LogP contribution in [0, 0.1) is 6.92 Å². The highest BCUT2D eigenvalue weighted by Gasteiger charge is 2.26. The van der Waals surface area contributed by atoms with Crippen molar-refractivity contribution in [2.75, 3.05) is 68.0 Å². The number of aromatic nitrogens is 2. The standard InChI is InChI=1S/C29H38N8O4/c1-3-21-17-20(16-19(2)25(21)38)18-31-27-24(26(30)39)28(34-33-27)32-22-4-6-23(7-5-22)35-8-10-36(11-9-35)29(40)37-12-14-41-15-13-37/h4-7,16-17,38H,3,8-15,18H2,1-2H3,(H2,30,39)(H3,31,32,33,34). The Morgan fingerprint density at radius 1 is 1.05 bits per heavy atom. The summed E-state index contributed by atoms with van der Waals surface area (Å²) in [5.74, 6) is 0.458. The van der Waals surface area contributed by atoms with E-state index in [1.54, 1.807) is 0 Å². The van der Waals surface area contributed by atoms with E-state index in [2.05, 4.69) is 25.7 Å². The Hall–Kier alpha value is -4.45. The normalized spacial score (nSPS) is 15.6. The molecule has 2 aliphatic heterocycles. The van der Waals surface area contributed by atoms with Crippen LogP contribution in [0.15, 0.2) is 36.4 Å². The van der Waals surface area contributed by atoms with E-state index in [0.717, 1.165) is 47.6 Å². The van der Waals surface area contributed by atoms with Crippen LogP contribution in [0.4, 0.5) is 27.8 Å². The summed E-state index contributed by atoms with van der Waals surface area (Å²) in [5.41, 5.74) is 10.4. The number of anilines is 4. The molecular formula is C29H38N8O4. The van der Waals surface area contributed by atoms with Crippen LogP contribution in [0.5, 0.6) is 5.75 Å². The van der Waals surface area contributed by atoms with E-state index in [0.29, 0.717) is 63.3 Å². The van der Waals surface area contributed by atoms with E-state index in [1.165, 1.54) is 0 Å². The van der Waals surface area contributed by atoms with Crippen LogP contribution < -0.4 is 21.3 Å². The second-order valence-electron chi connectivity index (χ2n) is 10.3. The fourth-order valence-corrected chi connectivity index (χ4v) is 5.30. The Morgan fingerprint density at radius 2 is 1.73 bits per heavy atom. The number of amides is 3. The summed E-state index contributed by atoms with van der Waals surface area (Å²) in [4.78, 5) is 31.2. The lowest BCUT2D eigenvalue weighted by Crippen LogP contribution is -2.54.